The number of ether oxygens (including phenoxy) is 1. The van der Waals surface area contributed by atoms with E-state index in [1.54, 1.807) is 0 Å². The van der Waals surface area contributed by atoms with Crippen molar-refractivity contribution in [2.24, 2.45) is 0 Å². The average molecular weight is 274 g/mol. The molecule has 0 aliphatic rings. The predicted molar refractivity (Wildman–Crippen MR) is 80.2 cm³/mol. The Kier molecular flexibility index (Phi) is 8.75. The molecule has 0 bridgehead atoms. The number of alkyl carbamates (subject to hydrolysis) is 1. The maximum Gasteiger partial charge on any atom is 0.407 e. The van der Waals surface area contributed by atoms with E-state index >= 15 is 0 Å². The first kappa shape index (κ1) is 16.1. The Morgan fingerprint density at radius 3 is 2.65 bits per heavy atom. The molecule has 0 saturated carbocycles. The van der Waals surface area contributed by atoms with Crippen molar-refractivity contribution in [2.75, 3.05) is 19.6 Å². The van der Waals surface area contributed by atoms with Crippen molar-refractivity contribution in [1.82, 2.24) is 10.6 Å². The summed E-state index contributed by atoms with van der Waals surface area (Å²) in [5.41, 5.74) is 0.988. The number of carbonyl (C=O) groups is 1. The zero-order valence-corrected chi connectivity index (χ0v) is 11.7. The van der Waals surface area contributed by atoms with Gasteiger partial charge in [-0.1, -0.05) is 42.7 Å². The minimum absolute atomic E-state index is 0.308. The molecule has 20 heavy (non-hydrogen) atoms. The summed E-state index contributed by atoms with van der Waals surface area (Å²) in [6, 6.07) is 9.63. The first-order valence-corrected chi connectivity index (χ1v) is 6.91. The standard InChI is InChI=1S/C16H22N2O2/c1-2-11-17-12-7-4-8-13-18-16(19)20-14-15-9-5-3-6-10-15/h1,3,5-6,9-10,17H,4,7-8,11-14H2,(H,18,19). The third-order valence-electron chi connectivity index (χ3n) is 2.74. The van der Waals surface area contributed by atoms with Gasteiger partial charge < -0.3 is 15.4 Å². The highest BCUT2D eigenvalue weighted by atomic mass is 16.5. The molecule has 0 aromatic heterocycles. The van der Waals surface area contributed by atoms with Crippen LogP contribution in [-0.2, 0) is 11.3 Å². The predicted octanol–water partition coefficient (Wildman–Crippen LogP) is 2.31. The van der Waals surface area contributed by atoms with E-state index in [1.165, 1.54) is 0 Å². The van der Waals surface area contributed by atoms with Crippen molar-refractivity contribution in [1.29, 1.82) is 0 Å². The Hall–Kier alpha value is -1.99. The van der Waals surface area contributed by atoms with E-state index in [4.69, 9.17) is 11.2 Å². The number of hydrogen-bond acceptors (Lipinski definition) is 3. The van der Waals surface area contributed by atoms with E-state index in [2.05, 4.69) is 16.6 Å². The maximum absolute atomic E-state index is 11.4. The fourth-order valence-corrected chi connectivity index (χ4v) is 1.68. The van der Waals surface area contributed by atoms with Gasteiger partial charge in [0.15, 0.2) is 0 Å². The van der Waals surface area contributed by atoms with Crippen LogP contribution in [0.15, 0.2) is 30.3 Å². The van der Waals surface area contributed by atoms with Gasteiger partial charge in [0, 0.05) is 6.54 Å². The monoisotopic (exact) mass is 274 g/mol. The molecule has 4 nitrogen and oxygen atoms in total. The van der Waals surface area contributed by atoms with Crippen LogP contribution in [-0.4, -0.2) is 25.7 Å². The van der Waals surface area contributed by atoms with Crippen molar-refractivity contribution in [2.45, 2.75) is 25.9 Å². The van der Waals surface area contributed by atoms with Crippen LogP contribution in [0.5, 0.6) is 0 Å². The van der Waals surface area contributed by atoms with Gasteiger partial charge in [-0.25, -0.2) is 4.79 Å². The van der Waals surface area contributed by atoms with Gasteiger partial charge in [-0.15, -0.1) is 6.42 Å². The topological polar surface area (TPSA) is 50.4 Å². The van der Waals surface area contributed by atoms with Gasteiger partial charge in [0.2, 0.25) is 0 Å². The summed E-state index contributed by atoms with van der Waals surface area (Å²) in [6.07, 6.45) is 7.81. The van der Waals surface area contributed by atoms with Gasteiger partial charge in [0.1, 0.15) is 6.61 Å². The van der Waals surface area contributed by atoms with Crippen LogP contribution in [0.4, 0.5) is 4.79 Å². The number of hydrogen-bond donors (Lipinski definition) is 2. The lowest BCUT2D eigenvalue weighted by Gasteiger charge is -2.07. The van der Waals surface area contributed by atoms with Crippen molar-refractivity contribution in [3.05, 3.63) is 35.9 Å². The van der Waals surface area contributed by atoms with Crippen molar-refractivity contribution < 1.29 is 9.53 Å². The lowest BCUT2D eigenvalue weighted by molar-refractivity contribution is 0.139. The number of terminal acetylenes is 1. The van der Waals surface area contributed by atoms with E-state index < -0.39 is 0 Å². The molecule has 1 amide bonds. The largest absolute Gasteiger partial charge is 0.445 e. The molecule has 1 aromatic carbocycles. The highest BCUT2D eigenvalue weighted by molar-refractivity contribution is 5.67. The molecule has 0 aliphatic heterocycles. The van der Waals surface area contributed by atoms with Crippen molar-refractivity contribution >= 4 is 6.09 Å². The molecule has 0 saturated heterocycles. The summed E-state index contributed by atoms with van der Waals surface area (Å²) in [7, 11) is 0. The Morgan fingerprint density at radius 1 is 1.15 bits per heavy atom. The molecule has 0 aliphatic carbocycles. The minimum Gasteiger partial charge on any atom is -0.445 e. The smallest absolute Gasteiger partial charge is 0.407 e. The van der Waals surface area contributed by atoms with Gasteiger partial charge >= 0.3 is 6.09 Å². The maximum atomic E-state index is 11.4. The number of benzene rings is 1. The van der Waals surface area contributed by atoms with Gasteiger partial charge in [-0.2, -0.15) is 0 Å². The second-order valence-corrected chi connectivity index (χ2v) is 4.43. The lowest BCUT2D eigenvalue weighted by atomic mass is 10.2. The SMILES string of the molecule is C#CCNCCCCCNC(=O)OCc1ccccc1. The Bertz CT molecular complexity index is 412. The summed E-state index contributed by atoms with van der Waals surface area (Å²) in [6.45, 7) is 2.48. The molecule has 108 valence electrons. The highest BCUT2D eigenvalue weighted by Crippen LogP contribution is 2.00. The Morgan fingerprint density at radius 2 is 1.90 bits per heavy atom. The Labute approximate surface area is 120 Å². The fraction of sp³-hybridized carbons (Fsp3) is 0.438. The molecule has 1 rings (SSSR count). The fourth-order valence-electron chi connectivity index (χ4n) is 1.68. The summed E-state index contributed by atoms with van der Waals surface area (Å²) < 4.78 is 5.10. The number of amides is 1. The Balaban J connectivity index is 1.94. The third kappa shape index (κ3) is 8.17. The van der Waals surface area contributed by atoms with E-state index in [0.29, 0.717) is 19.7 Å². The molecule has 0 atom stereocenters. The van der Waals surface area contributed by atoms with Gasteiger partial charge in [-0.05, 0) is 24.9 Å². The van der Waals surface area contributed by atoms with Crippen LogP contribution in [0.2, 0.25) is 0 Å². The zero-order valence-electron chi connectivity index (χ0n) is 11.7. The summed E-state index contributed by atoms with van der Waals surface area (Å²) in [5.74, 6) is 2.53. The summed E-state index contributed by atoms with van der Waals surface area (Å²) in [4.78, 5) is 11.4. The minimum atomic E-state index is -0.362. The van der Waals surface area contributed by atoms with Crippen LogP contribution >= 0.6 is 0 Å². The van der Waals surface area contributed by atoms with Gasteiger partial charge in [-0.3, -0.25) is 0 Å². The van der Waals surface area contributed by atoms with E-state index in [-0.39, 0.29) is 6.09 Å². The lowest BCUT2D eigenvalue weighted by Crippen LogP contribution is -2.25. The molecule has 4 heteroatoms. The quantitative estimate of drug-likeness (QED) is 0.536. The van der Waals surface area contributed by atoms with Gasteiger partial charge in [0.25, 0.3) is 0 Å². The summed E-state index contributed by atoms with van der Waals surface area (Å²) in [5, 5.41) is 5.87. The summed E-state index contributed by atoms with van der Waals surface area (Å²) >= 11 is 0. The number of rotatable bonds is 9. The van der Waals surface area contributed by atoms with Crippen LogP contribution in [0.1, 0.15) is 24.8 Å². The first-order valence-electron chi connectivity index (χ1n) is 6.91. The molecular weight excluding hydrogens is 252 g/mol. The van der Waals surface area contributed by atoms with Crippen LogP contribution in [0.25, 0.3) is 0 Å². The third-order valence-corrected chi connectivity index (χ3v) is 2.74. The molecule has 0 heterocycles. The normalized spacial score (nSPS) is 9.75. The van der Waals surface area contributed by atoms with E-state index in [0.717, 1.165) is 31.4 Å². The van der Waals surface area contributed by atoms with Crippen LogP contribution in [0.3, 0.4) is 0 Å². The number of nitrogens with one attached hydrogen (secondary N) is 2. The average Bonchev–Trinajstić information content (AvgIpc) is 2.49. The van der Waals surface area contributed by atoms with Crippen LogP contribution < -0.4 is 10.6 Å². The van der Waals surface area contributed by atoms with Gasteiger partial charge in [0.05, 0.1) is 6.54 Å². The number of unbranched alkanes of at least 4 members (excludes halogenated alkanes) is 2. The van der Waals surface area contributed by atoms with Crippen molar-refractivity contribution in [3.8, 4) is 12.3 Å². The molecule has 2 N–H and O–H groups in total. The molecular formula is C16H22N2O2. The van der Waals surface area contributed by atoms with E-state index in [1.807, 2.05) is 30.3 Å². The van der Waals surface area contributed by atoms with E-state index in [9.17, 15) is 4.79 Å². The molecule has 1 aromatic rings. The van der Waals surface area contributed by atoms with Crippen molar-refractivity contribution in [3.63, 3.8) is 0 Å². The first-order chi connectivity index (χ1) is 9.83. The molecule has 0 fully saturated rings. The van der Waals surface area contributed by atoms with Crippen LogP contribution in [0, 0.1) is 12.3 Å². The number of carbonyl (C=O) groups excluding carboxylic acids is 1. The highest BCUT2D eigenvalue weighted by Gasteiger charge is 2.01. The zero-order chi connectivity index (χ0) is 14.5. The molecule has 0 unspecified atom stereocenters. The molecule has 0 radical (unpaired) electrons. The second kappa shape index (κ2) is 10.9. The second-order valence-electron chi connectivity index (χ2n) is 4.43. The molecule has 0 spiro atoms.